The Bertz CT molecular complexity index is 627. The summed E-state index contributed by atoms with van der Waals surface area (Å²) >= 11 is 7.40. The summed E-state index contributed by atoms with van der Waals surface area (Å²) in [6.07, 6.45) is 4.50. The van der Waals surface area contributed by atoms with E-state index in [1.807, 2.05) is 43.3 Å². The minimum absolute atomic E-state index is 0.625. The van der Waals surface area contributed by atoms with E-state index in [1.165, 1.54) is 19.3 Å². The minimum atomic E-state index is 0.625. The number of benzene rings is 1. The Hall–Kier alpha value is -1.50. The lowest BCUT2D eigenvalue weighted by atomic mass is 10.2. The number of rotatable bonds is 3. The molecule has 0 amide bonds. The van der Waals surface area contributed by atoms with Gasteiger partial charge in [0.2, 0.25) is 0 Å². The number of aromatic nitrogens is 1. The molecule has 0 spiro atoms. The van der Waals surface area contributed by atoms with Crippen LogP contribution in [0.3, 0.4) is 0 Å². The standard InChI is InChI=1S/C14H11ClN2S.C3H6/c1-10-2-5-12(8-16)14(17-10)18-9-11-3-6-13(15)7-4-11;1-2-3-1/h2-7H,9H2,1H3;1-3H2. The van der Waals surface area contributed by atoms with Crippen LogP contribution in [0.25, 0.3) is 0 Å². The van der Waals surface area contributed by atoms with Gasteiger partial charge in [-0.1, -0.05) is 43.0 Å². The normalized spacial score (nSPS) is 12.0. The summed E-state index contributed by atoms with van der Waals surface area (Å²) in [6, 6.07) is 13.5. The van der Waals surface area contributed by atoms with Gasteiger partial charge in [0.1, 0.15) is 11.1 Å². The van der Waals surface area contributed by atoms with Crippen molar-refractivity contribution in [2.45, 2.75) is 37.0 Å². The fourth-order valence-corrected chi connectivity index (χ4v) is 2.56. The average molecular weight is 317 g/mol. The Morgan fingerprint density at radius 3 is 2.38 bits per heavy atom. The second-order valence-corrected chi connectivity index (χ2v) is 6.29. The van der Waals surface area contributed by atoms with E-state index in [9.17, 15) is 0 Å². The summed E-state index contributed by atoms with van der Waals surface area (Å²) in [5.74, 6) is 0.780. The van der Waals surface area contributed by atoms with Gasteiger partial charge in [0.05, 0.1) is 5.56 Å². The molecule has 2 nitrogen and oxygen atoms in total. The number of nitrogens with zero attached hydrogens (tertiary/aromatic N) is 2. The number of pyridine rings is 1. The highest BCUT2D eigenvalue weighted by atomic mass is 35.5. The zero-order valence-electron chi connectivity index (χ0n) is 12.0. The van der Waals surface area contributed by atoms with Gasteiger partial charge in [0.15, 0.2) is 0 Å². The molecule has 0 unspecified atom stereocenters. The first-order valence-corrected chi connectivity index (χ1v) is 8.30. The van der Waals surface area contributed by atoms with Crippen molar-refractivity contribution < 1.29 is 0 Å². The third-order valence-electron chi connectivity index (χ3n) is 2.76. The molecule has 1 aliphatic carbocycles. The van der Waals surface area contributed by atoms with Gasteiger partial charge in [-0.15, -0.1) is 11.8 Å². The maximum atomic E-state index is 9.02. The second-order valence-electron chi connectivity index (χ2n) is 4.89. The van der Waals surface area contributed by atoms with Crippen molar-refractivity contribution in [2.75, 3.05) is 0 Å². The zero-order valence-corrected chi connectivity index (χ0v) is 13.5. The first-order valence-electron chi connectivity index (χ1n) is 6.94. The van der Waals surface area contributed by atoms with E-state index in [1.54, 1.807) is 11.8 Å². The Morgan fingerprint density at radius 2 is 1.81 bits per heavy atom. The molecule has 0 N–H and O–H groups in total. The lowest BCUT2D eigenvalue weighted by Crippen LogP contribution is -1.90. The third kappa shape index (κ3) is 5.79. The van der Waals surface area contributed by atoms with Gasteiger partial charge in [-0.05, 0) is 36.8 Å². The van der Waals surface area contributed by atoms with E-state index in [4.69, 9.17) is 16.9 Å². The van der Waals surface area contributed by atoms with Crippen molar-refractivity contribution >= 4 is 23.4 Å². The summed E-state index contributed by atoms with van der Waals surface area (Å²) in [4.78, 5) is 4.39. The number of thioether (sulfide) groups is 1. The lowest BCUT2D eigenvalue weighted by molar-refractivity contribution is 1.05. The van der Waals surface area contributed by atoms with Crippen LogP contribution in [0.5, 0.6) is 0 Å². The van der Waals surface area contributed by atoms with E-state index in [0.717, 1.165) is 27.1 Å². The van der Waals surface area contributed by atoms with Crippen molar-refractivity contribution in [1.82, 2.24) is 4.98 Å². The van der Waals surface area contributed by atoms with Crippen molar-refractivity contribution in [3.05, 3.63) is 58.2 Å². The molecule has 0 radical (unpaired) electrons. The predicted octanol–water partition coefficient (Wildman–Crippen LogP) is 5.38. The number of hydrogen-bond donors (Lipinski definition) is 0. The van der Waals surface area contributed by atoms with Gasteiger partial charge in [0, 0.05) is 16.5 Å². The van der Waals surface area contributed by atoms with Crippen molar-refractivity contribution in [1.29, 1.82) is 5.26 Å². The SMILES string of the molecule is C1CC1.Cc1ccc(C#N)c(SCc2ccc(Cl)cc2)n1. The number of hydrogen-bond acceptors (Lipinski definition) is 3. The van der Waals surface area contributed by atoms with Gasteiger partial charge in [0.25, 0.3) is 0 Å². The highest BCUT2D eigenvalue weighted by Crippen LogP contribution is 2.25. The molecule has 4 heteroatoms. The van der Waals surface area contributed by atoms with Crippen LogP contribution in [-0.2, 0) is 5.75 Å². The molecule has 3 rings (SSSR count). The number of nitriles is 1. The van der Waals surface area contributed by atoms with Crippen LogP contribution >= 0.6 is 23.4 Å². The first-order chi connectivity index (χ1) is 10.2. The highest BCUT2D eigenvalue weighted by Gasteiger charge is 2.05. The Labute approximate surface area is 135 Å². The molecule has 1 heterocycles. The summed E-state index contributed by atoms with van der Waals surface area (Å²) in [5.41, 5.74) is 2.71. The third-order valence-corrected chi connectivity index (χ3v) is 4.08. The molecule has 1 aromatic carbocycles. The summed E-state index contributed by atoms with van der Waals surface area (Å²) < 4.78 is 0. The molecule has 0 bridgehead atoms. The van der Waals surface area contributed by atoms with Crippen molar-refractivity contribution in [3.8, 4) is 6.07 Å². The van der Waals surface area contributed by atoms with Crippen LogP contribution in [0, 0.1) is 18.3 Å². The Balaban J connectivity index is 0.000000477. The number of halogens is 1. The molecule has 1 saturated carbocycles. The van der Waals surface area contributed by atoms with Gasteiger partial charge in [-0.2, -0.15) is 5.26 Å². The fourth-order valence-electron chi connectivity index (χ4n) is 1.46. The first kappa shape index (κ1) is 15.9. The summed E-state index contributed by atoms with van der Waals surface area (Å²) in [6.45, 7) is 1.92. The van der Waals surface area contributed by atoms with Crippen LogP contribution in [0.4, 0.5) is 0 Å². The lowest BCUT2D eigenvalue weighted by Gasteiger charge is -2.04. The molecular weight excluding hydrogens is 300 g/mol. The van der Waals surface area contributed by atoms with E-state index in [2.05, 4.69) is 11.1 Å². The van der Waals surface area contributed by atoms with Crippen molar-refractivity contribution in [3.63, 3.8) is 0 Å². The number of aryl methyl sites for hydroxylation is 1. The maximum absolute atomic E-state index is 9.02. The van der Waals surface area contributed by atoms with E-state index < -0.39 is 0 Å². The van der Waals surface area contributed by atoms with E-state index in [0.29, 0.717) is 5.56 Å². The smallest absolute Gasteiger partial charge is 0.114 e. The molecule has 0 saturated heterocycles. The second kappa shape index (κ2) is 8.07. The van der Waals surface area contributed by atoms with Gasteiger partial charge >= 0.3 is 0 Å². The molecule has 108 valence electrons. The summed E-state index contributed by atoms with van der Waals surface area (Å²) in [7, 11) is 0. The fraction of sp³-hybridized carbons (Fsp3) is 0.294. The van der Waals surface area contributed by atoms with Gasteiger partial charge < -0.3 is 0 Å². The molecule has 1 aliphatic rings. The quantitative estimate of drug-likeness (QED) is 0.713. The van der Waals surface area contributed by atoms with E-state index >= 15 is 0 Å². The average Bonchev–Trinajstić information content (AvgIpc) is 3.35. The van der Waals surface area contributed by atoms with Crippen LogP contribution in [0.15, 0.2) is 41.4 Å². The Morgan fingerprint density at radius 1 is 1.14 bits per heavy atom. The topological polar surface area (TPSA) is 36.7 Å². The minimum Gasteiger partial charge on any atom is -0.245 e. The molecular formula is C17H17ClN2S. The van der Waals surface area contributed by atoms with Gasteiger partial charge in [-0.3, -0.25) is 0 Å². The van der Waals surface area contributed by atoms with E-state index in [-0.39, 0.29) is 0 Å². The molecule has 21 heavy (non-hydrogen) atoms. The molecule has 0 aliphatic heterocycles. The highest BCUT2D eigenvalue weighted by molar-refractivity contribution is 7.98. The molecule has 0 atom stereocenters. The molecule has 2 aromatic rings. The maximum Gasteiger partial charge on any atom is 0.114 e. The monoisotopic (exact) mass is 316 g/mol. The predicted molar refractivity (Wildman–Crippen MR) is 88.6 cm³/mol. The van der Waals surface area contributed by atoms with Gasteiger partial charge in [-0.25, -0.2) is 4.98 Å². The van der Waals surface area contributed by atoms with Crippen LogP contribution < -0.4 is 0 Å². The molecule has 1 aromatic heterocycles. The Kier molecular flexibility index (Phi) is 6.10. The zero-order chi connectivity index (χ0) is 15.1. The van der Waals surface area contributed by atoms with Crippen LogP contribution in [0.2, 0.25) is 5.02 Å². The van der Waals surface area contributed by atoms with Crippen LogP contribution in [-0.4, -0.2) is 4.98 Å². The summed E-state index contributed by atoms with van der Waals surface area (Å²) in [5, 5.41) is 10.5. The van der Waals surface area contributed by atoms with Crippen molar-refractivity contribution in [2.24, 2.45) is 0 Å². The largest absolute Gasteiger partial charge is 0.245 e. The van der Waals surface area contributed by atoms with Crippen LogP contribution in [0.1, 0.15) is 36.1 Å². The molecule has 1 fully saturated rings.